The molecule has 1 N–H and O–H groups in total. The third kappa shape index (κ3) is 4.30. The van der Waals surface area contributed by atoms with E-state index >= 15 is 0 Å². The highest BCUT2D eigenvalue weighted by Crippen LogP contribution is 2.46. The van der Waals surface area contributed by atoms with Crippen LogP contribution in [0.5, 0.6) is 0 Å². The molecule has 3 aliphatic carbocycles. The first-order valence-electron chi connectivity index (χ1n) is 13.9. The lowest BCUT2D eigenvalue weighted by Gasteiger charge is -2.55. The smallest absolute Gasteiger partial charge is 0.247 e. The van der Waals surface area contributed by atoms with Crippen LogP contribution >= 0.6 is 0 Å². The Bertz CT molecular complexity index is 756. The molecule has 3 saturated carbocycles. The molecule has 5 rings (SSSR count). The quantitative estimate of drug-likeness (QED) is 0.661. The summed E-state index contributed by atoms with van der Waals surface area (Å²) < 4.78 is 11.6. The molecule has 7 nitrogen and oxygen atoms in total. The van der Waals surface area contributed by atoms with Gasteiger partial charge in [0.2, 0.25) is 11.8 Å². The van der Waals surface area contributed by atoms with Crippen LogP contribution in [0.25, 0.3) is 0 Å². The van der Waals surface area contributed by atoms with Gasteiger partial charge < -0.3 is 19.7 Å². The maximum absolute atomic E-state index is 14.3. The van der Waals surface area contributed by atoms with E-state index in [1.807, 2.05) is 11.8 Å². The molecule has 0 aromatic carbocycles. The number of hydrogen-bond acceptors (Lipinski definition) is 5. The number of rotatable bonds is 5. The standard InChI is InChI=1S/C27H45N3O4/c1-27(26(32)28-19-10-5-4-6-11-19)17-29-21-12-8-7-9-18(21)15-23(29)25(31)30(27)22-14-13-20(33-2)16-24(22)34-3/h18-24H,4-17H2,1-3H3,(H,28,32). The number of carbonyl (C=O) groups excluding carboxylic acids is 2. The zero-order valence-corrected chi connectivity index (χ0v) is 21.5. The first-order valence-corrected chi connectivity index (χ1v) is 13.9. The number of amides is 2. The van der Waals surface area contributed by atoms with Gasteiger partial charge in [0.25, 0.3) is 0 Å². The van der Waals surface area contributed by atoms with Crippen molar-refractivity contribution in [2.75, 3.05) is 20.8 Å². The van der Waals surface area contributed by atoms with E-state index in [9.17, 15) is 9.59 Å². The van der Waals surface area contributed by atoms with Crippen molar-refractivity contribution in [2.24, 2.45) is 5.92 Å². The molecule has 2 aliphatic heterocycles. The lowest BCUT2D eigenvalue weighted by Crippen LogP contribution is -2.75. The Morgan fingerprint density at radius 3 is 2.38 bits per heavy atom. The molecule has 2 heterocycles. The van der Waals surface area contributed by atoms with Gasteiger partial charge in [0.1, 0.15) is 5.54 Å². The molecule has 0 aromatic rings. The Morgan fingerprint density at radius 1 is 0.912 bits per heavy atom. The van der Waals surface area contributed by atoms with E-state index < -0.39 is 5.54 Å². The van der Waals surface area contributed by atoms with Crippen LogP contribution in [0.15, 0.2) is 0 Å². The Labute approximate surface area is 205 Å². The van der Waals surface area contributed by atoms with Crippen LogP contribution in [0.2, 0.25) is 0 Å². The monoisotopic (exact) mass is 475 g/mol. The summed E-state index contributed by atoms with van der Waals surface area (Å²) in [6.45, 7) is 2.67. The number of nitrogens with one attached hydrogen (secondary N) is 1. The molecule has 0 aromatic heterocycles. The Kier molecular flexibility index (Phi) is 7.25. The minimum absolute atomic E-state index is 0.0363. The maximum atomic E-state index is 14.3. The maximum Gasteiger partial charge on any atom is 0.247 e. The third-order valence-electron chi connectivity index (χ3n) is 9.87. The van der Waals surface area contributed by atoms with Gasteiger partial charge >= 0.3 is 0 Å². The fourth-order valence-corrected chi connectivity index (χ4v) is 8.00. The van der Waals surface area contributed by atoms with Gasteiger partial charge in [-0.25, -0.2) is 0 Å². The molecule has 0 spiro atoms. The van der Waals surface area contributed by atoms with E-state index in [2.05, 4.69) is 10.2 Å². The second-order valence-electron chi connectivity index (χ2n) is 11.8. The fraction of sp³-hybridized carbons (Fsp3) is 0.926. The first-order chi connectivity index (χ1) is 16.5. The number of nitrogens with zero attached hydrogens (tertiary/aromatic N) is 2. The van der Waals surface area contributed by atoms with Crippen molar-refractivity contribution < 1.29 is 19.1 Å². The summed E-state index contributed by atoms with van der Waals surface area (Å²) in [6.07, 6.45) is 14.0. The van der Waals surface area contributed by atoms with Crippen LogP contribution < -0.4 is 5.32 Å². The second-order valence-corrected chi connectivity index (χ2v) is 11.8. The number of piperazine rings is 1. The zero-order chi connectivity index (χ0) is 23.9. The number of ether oxygens (including phenoxy) is 2. The van der Waals surface area contributed by atoms with Crippen molar-refractivity contribution in [3.05, 3.63) is 0 Å². The van der Waals surface area contributed by atoms with Crippen molar-refractivity contribution in [2.45, 2.75) is 132 Å². The van der Waals surface area contributed by atoms with Gasteiger partial charge in [-0.2, -0.15) is 0 Å². The van der Waals surface area contributed by atoms with Gasteiger partial charge in [0.05, 0.1) is 24.3 Å². The number of hydrogen-bond donors (Lipinski definition) is 1. The number of carbonyl (C=O) groups is 2. The van der Waals surface area contributed by atoms with E-state index in [4.69, 9.17) is 9.47 Å². The van der Waals surface area contributed by atoms with Gasteiger partial charge in [0.15, 0.2) is 0 Å². The molecule has 7 unspecified atom stereocenters. The first kappa shape index (κ1) is 24.5. The molecule has 2 saturated heterocycles. The summed E-state index contributed by atoms with van der Waals surface area (Å²) in [7, 11) is 3.49. The van der Waals surface area contributed by atoms with Gasteiger partial charge in [-0.05, 0) is 57.8 Å². The topological polar surface area (TPSA) is 71.1 Å². The third-order valence-corrected chi connectivity index (χ3v) is 9.87. The van der Waals surface area contributed by atoms with E-state index in [1.54, 1.807) is 14.2 Å². The van der Waals surface area contributed by atoms with Gasteiger partial charge in [-0.3, -0.25) is 14.5 Å². The summed E-state index contributed by atoms with van der Waals surface area (Å²) in [4.78, 5) is 32.8. The Balaban J connectivity index is 1.46. The van der Waals surface area contributed by atoms with E-state index in [0.717, 1.165) is 44.9 Å². The minimum Gasteiger partial charge on any atom is -0.381 e. The highest BCUT2D eigenvalue weighted by Gasteiger charge is 2.60. The van der Waals surface area contributed by atoms with E-state index in [1.165, 1.54) is 38.5 Å². The molecule has 5 fully saturated rings. The predicted octanol–water partition coefficient (Wildman–Crippen LogP) is 3.25. The van der Waals surface area contributed by atoms with Crippen LogP contribution in [0.4, 0.5) is 0 Å². The van der Waals surface area contributed by atoms with Crippen LogP contribution in [0.1, 0.15) is 90.4 Å². The van der Waals surface area contributed by atoms with Crippen molar-refractivity contribution in [1.82, 2.24) is 15.1 Å². The number of fused-ring (bicyclic) bond motifs is 3. The molecule has 2 amide bonds. The second kappa shape index (κ2) is 10.1. The average molecular weight is 476 g/mol. The SMILES string of the molecule is COC1CCC(N2C(=O)C3CC4CCCCC4N3CC2(C)C(=O)NC2CCCCC2)C(OC)C1. The highest BCUT2D eigenvalue weighted by atomic mass is 16.5. The molecule has 0 radical (unpaired) electrons. The van der Waals surface area contributed by atoms with E-state index in [-0.39, 0.29) is 42.1 Å². The van der Waals surface area contributed by atoms with Crippen LogP contribution in [-0.4, -0.2) is 84.3 Å². The van der Waals surface area contributed by atoms with Crippen LogP contribution in [-0.2, 0) is 19.1 Å². The highest BCUT2D eigenvalue weighted by molar-refractivity contribution is 5.95. The molecule has 0 bridgehead atoms. The molecule has 7 atom stereocenters. The molecule has 34 heavy (non-hydrogen) atoms. The molecular formula is C27H45N3O4. The fourth-order valence-electron chi connectivity index (χ4n) is 8.00. The summed E-state index contributed by atoms with van der Waals surface area (Å²) in [6, 6.07) is 0.516. The molecular weight excluding hydrogens is 430 g/mol. The minimum atomic E-state index is -0.876. The van der Waals surface area contributed by atoms with Crippen LogP contribution in [0.3, 0.4) is 0 Å². The van der Waals surface area contributed by atoms with Gasteiger partial charge in [-0.15, -0.1) is 0 Å². The summed E-state index contributed by atoms with van der Waals surface area (Å²) in [5.41, 5.74) is -0.876. The van der Waals surface area contributed by atoms with Crippen LogP contribution in [0, 0.1) is 5.92 Å². The molecule has 7 heteroatoms. The molecule has 192 valence electrons. The molecule has 5 aliphatic rings. The van der Waals surface area contributed by atoms with Crippen molar-refractivity contribution in [1.29, 1.82) is 0 Å². The average Bonchev–Trinajstić information content (AvgIpc) is 3.23. The predicted molar refractivity (Wildman–Crippen MR) is 130 cm³/mol. The summed E-state index contributed by atoms with van der Waals surface area (Å²) >= 11 is 0. The van der Waals surface area contributed by atoms with Crippen molar-refractivity contribution in [3.8, 4) is 0 Å². The normalized spacial score (nSPS) is 41.7. The van der Waals surface area contributed by atoms with Gasteiger partial charge in [0, 0.05) is 39.3 Å². The lowest BCUT2D eigenvalue weighted by atomic mass is 9.82. The van der Waals surface area contributed by atoms with E-state index in [0.29, 0.717) is 18.5 Å². The van der Waals surface area contributed by atoms with Gasteiger partial charge in [-0.1, -0.05) is 32.1 Å². The Hall–Kier alpha value is -1.18. The number of methoxy groups -OCH3 is 2. The zero-order valence-electron chi connectivity index (χ0n) is 21.5. The summed E-state index contributed by atoms with van der Waals surface area (Å²) in [5, 5.41) is 3.40. The van der Waals surface area contributed by atoms with Crippen molar-refractivity contribution in [3.63, 3.8) is 0 Å². The van der Waals surface area contributed by atoms with Crippen molar-refractivity contribution >= 4 is 11.8 Å². The summed E-state index contributed by atoms with van der Waals surface area (Å²) in [5.74, 6) is 0.787. The largest absolute Gasteiger partial charge is 0.381 e. The Morgan fingerprint density at radius 2 is 1.65 bits per heavy atom. The lowest BCUT2D eigenvalue weighted by molar-refractivity contribution is -0.174.